The molecule has 5 nitrogen and oxygen atoms in total. The van der Waals surface area contributed by atoms with Crippen molar-refractivity contribution in [3.05, 3.63) is 72.3 Å². The molecule has 0 radical (unpaired) electrons. The zero-order chi connectivity index (χ0) is 20.8. The number of fused-ring (bicyclic) bond motifs is 1. The van der Waals surface area contributed by atoms with Gasteiger partial charge in [0, 0.05) is 22.9 Å². The predicted molar refractivity (Wildman–Crippen MR) is 119 cm³/mol. The van der Waals surface area contributed by atoms with Crippen LogP contribution in [0.1, 0.15) is 23.2 Å². The number of anilines is 1. The molecule has 30 heavy (non-hydrogen) atoms. The quantitative estimate of drug-likeness (QED) is 0.434. The molecule has 0 aliphatic carbocycles. The van der Waals surface area contributed by atoms with E-state index in [-0.39, 0.29) is 18.6 Å². The maximum Gasteiger partial charge on any atom is 0.339 e. The number of ether oxygens (including phenoxy) is 2. The summed E-state index contributed by atoms with van der Waals surface area (Å²) >= 11 is 1.58. The second-order valence-electron chi connectivity index (χ2n) is 7.13. The summed E-state index contributed by atoms with van der Waals surface area (Å²) in [4.78, 5) is 25.6. The fraction of sp³-hybridized carbons (Fsp3) is 0.250. The largest absolute Gasteiger partial charge is 0.452 e. The minimum absolute atomic E-state index is 0.229. The van der Waals surface area contributed by atoms with E-state index in [2.05, 4.69) is 5.32 Å². The van der Waals surface area contributed by atoms with Crippen molar-refractivity contribution in [2.24, 2.45) is 0 Å². The molecule has 0 bridgehead atoms. The van der Waals surface area contributed by atoms with Crippen molar-refractivity contribution in [2.45, 2.75) is 23.8 Å². The molecule has 1 fully saturated rings. The van der Waals surface area contributed by atoms with Gasteiger partial charge >= 0.3 is 5.97 Å². The Bertz CT molecular complexity index is 1050. The number of esters is 1. The van der Waals surface area contributed by atoms with Crippen molar-refractivity contribution in [1.29, 1.82) is 0 Å². The fourth-order valence-corrected chi connectivity index (χ4v) is 4.50. The van der Waals surface area contributed by atoms with Gasteiger partial charge in [-0.1, -0.05) is 42.5 Å². The minimum Gasteiger partial charge on any atom is -0.452 e. The molecule has 4 rings (SSSR count). The molecule has 3 aromatic rings. The average molecular weight is 422 g/mol. The van der Waals surface area contributed by atoms with Crippen LogP contribution in [-0.4, -0.2) is 36.9 Å². The Labute approximate surface area is 179 Å². The van der Waals surface area contributed by atoms with Crippen LogP contribution in [0.25, 0.3) is 10.8 Å². The highest BCUT2D eigenvalue weighted by molar-refractivity contribution is 7.99. The monoisotopic (exact) mass is 421 g/mol. The number of hydrogen-bond donors (Lipinski definition) is 1. The Balaban J connectivity index is 1.32. The predicted octanol–water partition coefficient (Wildman–Crippen LogP) is 4.91. The third-order valence-electron chi connectivity index (χ3n) is 4.92. The highest BCUT2D eigenvalue weighted by Gasteiger charge is 2.19. The van der Waals surface area contributed by atoms with Gasteiger partial charge in [-0.25, -0.2) is 4.79 Å². The highest BCUT2D eigenvalue weighted by atomic mass is 32.2. The first-order valence-electron chi connectivity index (χ1n) is 9.98. The van der Waals surface area contributed by atoms with E-state index in [0.717, 1.165) is 40.9 Å². The molecule has 0 aromatic heterocycles. The van der Waals surface area contributed by atoms with Gasteiger partial charge in [0.25, 0.3) is 5.91 Å². The molecule has 1 heterocycles. The molecular formula is C24H23NO4S. The van der Waals surface area contributed by atoms with E-state index < -0.39 is 5.97 Å². The highest BCUT2D eigenvalue weighted by Crippen LogP contribution is 2.27. The first-order valence-corrected chi connectivity index (χ1v) is 11.0. The molecule has 0 saturated carbocycles. The summed E-state index contributed by atoms with van der Waals surface area (Å²) in [6, 6.07) is 20.9. The molecule has 1 N–H and O–H groups in total. The Hall–Kier alpha value is -2.83. The maximum atomic E-state index is 12.5. The van der Waals surface area contributed by atoms with E-state index in [4.69, 9.17) is 9.47 Å². The molecule has 6 heteroatoms. The third-order valence-corrected chi connectivity index (χ3v) is 6.13. The Morgan fingerprint density at radius 3 is 2.67 bits per heavy atom. The van der Waals surface area contributed by atoms with Crippen LogP contribution in [0.5, 0.6) is 0 Å². The fourth-order valence-electron chi connectivity index (χ4n) is 3.39. The molecule has 154 valence electrons. The Morgan fingerprint density at radius 1 is 1.03 bits per heavy atom. The number of hydrogen-bond acceptors (Lipinski definition) is 5. The summed E-state index contributed by atoms with van der Waals surface area (Å²) in [6.45, 7) is 0.470. The summed E-state index contributed by atoms with van der Waals surface area (Å²) in [5.41, 5.74) is 1.14. The smallest absolute Gasteiger partial charge is 0.339 e. The van der Waals surface area contributed by atoms with Crippen molar-refractivity contribution < 1.29 is 19.1 Å². The van der Waals surface area contributed by atoms with Crippen molar-refractivity contribution in [3.8, 4) is 0 Å². The van der Waals surface area contributed by atoms with Gasteiger partial charge in [0.1, 0.15) is 0 Å². The summed E-state index contributed by atoms with van der Waals surface area (Å²) in [5.74, 6) is -0.0746. The zero-order valence-corrected chi connectivity index (χ0v) is 17.3. The molecule has 1 saturated heterocycles. The number of carbonyl (C=O) groups is 2. The van der Waals surface area contributed by atoms with Crippen molar-refractivity contribution in [2.75, 3.05) is 24.3 Å². The molecule has 0 unspecified atom stereocenters. The Kier molecular flexibility index (Phi) is 6.67. The number of amides is 1. The molecule has 3 aromatic carbocycles. The maximum absolute atomic E-state index is 12.5. The molecule has 0 spiro atoms. The van der Waals surface area contributed by atoms with E-state index in [0.29, 0.717) is 11.3 Å². The summed E-state index contributed by atoms with van der Waals surface area (Å²) in [6.07, 6.45) is 2.36. The third kappa shape index (κ3) is 5.20. The van der Waals surface area contributed by atoms with Gasteiger partial charge in [0.15, 0.2) is 6.61 Å². The van der Waals surface area contributed by atoms with Crippen LogP contribution in [0.3, 0.4) is 0 Å². The van der Waals surface area contributed by atoms with Crippen LogP contribution in [0.2, 0.25) is 0 Å². The molecule has 1 aliphatic rings. The minimum atomic E-state index is -0.501. The first-order chi connectivity index (χ1) is 14.7. The lowest BCUT2D eigenvalue weighted by molar-refractivity contribution is -0.119. The molecule has 1 amide bonds. The first kappa shape index (κ1) is 20.4. The lowest BCUT2D eigenvalue weighted by Gasteiger charge is -2.12. The van der Waals surface area contributed by atoms with Crippen LogP contribution >= 0.6 is 11.8 Å². The van der Waals surface area contributed by atoms with Crippen LogP contribution in [-0.2, 0) is 14.3 Å². The van der Waals surface area contributed by atoms with Crippen LogP contribution in [0.15, 0.2) is 71.6 Å². The van der Waals surface area contributed by atoms with Crippen LogP contribution in [0.4, 0.5) is 5.69 Å². The van der Waals surface area contributed by atoms with E-state index in [1.165, 1.54) is 0 Å². The van der Waals surface area contributed by atoms with Crippen LogP contribution < -0.4 is 5.32 Å². The van der Waals surface area contributed by atoms with Crippen molar-refractivity contribution in [1.82, 2.24) is 0 Å². The summed E-state index contributed by atoms with van der Waals surface area (Å²) in [5, 5.41) is 4.91. The number of nitrogens with one attached hydrogen (secondary N) is 1. The zero-order valence-electron chi connectivity index (χ0n) is 16.5. The van der Waals surface area contributed by atoms with E-state index in [1.807, 2.05) is 54.6 Å². The summed E-state index contributed by atoms with van der Waals surface area (Å²) < 4.78 is 10.9. The van der Waals surface area contributed by atoms with Gasteiger partial charge in [-0.2, -0.15) is 0 Å². The number of benzene rings is 3. The molecular weight excluding hydrogens is 398 g/mol. The van der Waals surface area contributed by atoms with Crippen molar-refractivity contribution in [3.63, 3.8) is 0 Å². The van der Waals surface area contributed by atoms with Crippen molar-refractivity contribution >= 4 is 40.1 Å². The second kappa shape index (κ2) is 9.78. The van der Waals surface area contributed by atoms with Gasteiger partial charge in [-0.15, -0.1) is 11.8 Å². The Morgan fingerprint density at radius 2 is 1.83 bits per heavy atom. The number of carbonyl (C=O) groups excluding carboxylic acids is 2. The number of thioether (sulfide) groups is 1. The van der Waals surface area contributed by atoms with E-state index in [9.17, 15) is 9.59 Å². The lowest BCUT2D eigenvalue weighted by atomic mass is 10.1. The summed E-state index contributed by atoms with van der Waals surface area (Å²) in [7, 11) is 0. The van der Waals surface area contributed by atoms with Gasteiger partial charge in [0.05, 0.1) is 11.7 Å². The average Bonchev–Trinajstić information content (AvgIpc) is 3.30. The normalized spacial score (nSPS) is 15.8. The van der Waals surface area contributed by atoms with E-state index >= 15 is 0 Å². The molecule has 1 atom stereocenters. The topological polar surface area (TPSA) is 64.6 Å². The van der Waals surface area contributed by atoms with Gasteiger partial charge in [-0.05, 0) is 47.9 Å². The SMILES string of the molecule is O=C(COC(=O)c1ccccc1SC[C@@H]1CCCO1)Nc1ccc2ccccc2c1. The van der Waals surface area contributed by atoms with E-state index in [1.54, 1.807) is 23.9 Å². The van der Waals surface area contributed by atoms with Gasteiger partial charge in [0.2, 0.25) is 0 Å². The second-order valence-corrected chi connectivity index (χ2v) is 8.19. The van der Waals surface area contributed by atoms with Gasteiger partial charge < -0.3 is 14.8 Å². The standard InChI is InChI=1S/C24H23NO4S/c26-23(25-19-12-11-17-6-1-2-7-18(17)14-19)15-29-24(27)21-9-3-4-10-22(21)30-16-20-8-5-13-28-20/h1-4,6-7,9-12,14,20H,5,8,13,15-16H2,(H,25,26)/t20-/m0/s1. The van der Waals surface area contributed by atoms with Crippen LogP contribution in [0, 0.1) is 0 Å². The lowest BCUT2D eigenvalue weighted by Crippen LogP contribution is -2.21. The number of rotatable bonds is 7. The van der Waals surface area contributed by atoms with Gasteiger partial charge in [-0.3, -0.25) is 4.79 Å². The molecule has 1 aliphatic heterocycles.